The Kier molecular flexibility index (Phi) is 4.17. The van der Waals surface area contributed by atoms with E-state index in [0.29, 0.717) is 17.5 Å². The predicted molar refractivity (Wildman–Crippen MR) is 78.7 cm³/mol. The number of halogens is 1. The fourth-order valence-corrected chi connectivity index (χ4v) is 2.05. The van der Waals surface area contributed by atoms with Crippen LogP contribution >= 0.6 is 11.6 Å². The van der Waals surface area contributed by atoms with Crippen LogP contribution in [0.5, 0.6) is 5.88 Å². The molecule has 0 aliphatic carbocycles. The SMILES string of the molecule is CCCOc1c2ccc(Cl)cc2nn1CC(C)(N)C#N. The fourth-order valence-electron chi connectivity index (χ4n) is 1.89. The standard InChI is InChI=1S/C14H17ClN4O/c1-3-6-20-13-11-5-4-10(15)7-12(11)18-19(13)9-14(2,17)8-16/h4-5,7H,3,6,9,17H2,1-2H3. The van der Waals surface area contributed by atoms with E-state index in [2.05, 4.69) is 11.2 Å². The number of nitrogens with two attached hydrogens (primary N) is 1. The lowest BCUT2D eigenvalue weighted by molar-refractivity contribution is 0.278. The predicted octanol–water partition coefficient (Wildman–Crippen LogP) is 2.72. The summed E-state index contributed by atoms with van der Waals surface area (Å²) in [6.07, 6.45) is 0.887. The van der Waals surface area contributed by atoms with E-state index < -0.39 is 5.54 Å². The Morgan fingerprint density at radius 3 is 2.95 bits per heavy atom. The minimum Gasteiger partial charge on any atom is -0.477 e. The van der Waals surface area contributed by atoms with Crippen molar-refractivity contribution in [3.8, 4) is 11.9 Å². The van der Waals surface area contributed by atoms with Crippen LogP contribution in [-0.4, -0.2) is 21.9 Å². The Bertz CT molecular complexity index is 657. The van der Waals surface area contributed by atoms with Crippen molar-refractivity contribution in [1.29, 1.82) is 5.26 Å². The molecule has 2 N–H and O–H groups in total. The molecule has 6 heteroatoms. The van der Waals surface area contributed by atoms with Crippen LogP contribution in [0.4, 0.5) is 0 Å². The molecule has 2 rings (SSSR count). The molecule has 1 heterocycles. The lowest BCUT2D eigenvalue weighted by atomic mass is 10.1. The maximum absolute atomic E-state index is 9.06. The molecule has 0 radical (unpaired) electrons. The van der Waals surface area contributed by atoms with Gasteiger partial charge in [0.15, 0.2) is 0 Å². The Morgan fingerprint density at radius 1 is 1.55 bits per heavy atom. The number of ether oxygens (including phenoxy) is 1. The highest BCUT2D eigenvalue weighted by Crippen LogP contribution is 2.29. The van der Waals surface area contributed by atoms with Gasteiger partial charge in [0, 0.05) is 5.02 Å². The zero-order valence-electron chi connectivity index (χ0n) is 11.6. The number of nitrogens with zero attached hydrogens (tertiary/aromatic N) is 3. The molecule has 1 aromatic heterocycles. The highest BCUT2D eigenvalue weighted by molar-refractivity contribution is 6.31. The van der Waals surface area contributed by atoms with Gasteiger partial charge in [0.05, 0.1) is 30.1 Å². The maximum atomic E-state index is 9.06. The summed E-state index contributed by atoms with van der Waals surface area (Å²) in [5.74, 6) is 0.630. The van der Waals surface area contributed by atoms with Gasteiger partial charge in [-0.2, -0.15) is 10.4 Å². The first kappa shape index (κ1) is 14.6. The first-order valence-electron chi connectivity index (χ1n) is 6.46. The van der Waals surface area contributed by atoms with E-state index in [1.54, 1.807) is 23.7 Å². The average Bonchev–Trinajstić information content (AvgIpc) is 2.72. The van der Waals surface area contributed by atoms with Crippen molar-refractivity contribution in [3.05, 3.63) is 23.2 Å². The Balaban J connectivity index is 2.48. The van der Waals surface area contributed by atoms with Gasteiger partial charge in [-0.05, 0) is 31.5 Å². The van der Waals surface area contributed by atoms with E-state index in [4.69, 9.17) is 27.3 Å². The third-order valence-electron chi connectivity index (χ3n) is 2.83. The summed E-state index contributed by atoms with van der Waals surface area (Å²) in [6, 6.07) is 7.49. The smallest absolute Gasteiger partial charge is 0.219 e. The minimum absolute atomic E-state index is 0.259. The number of hydrogen-bond donors (Lipinski definition) is 1. The monoisotopic (exact) mass is 292 g/mol. The van der Waals surface area contributed by atoms with Crippen LogP contribution in [0.3, 0.4) is 0 Å². The van der Waals surface area contributed by atoms with Gasteiger partial charge in [-0.3, -0.25) is 0 Å². The molecule has 1 unspecified atom stereocenters. The van der Waals surface area contributed by atoms with Gasteiger partial charge in [-0.15, -0.1) is 0 Å². The molecule has 0 aliphatic heterocycles. The summed E-state index contributed by atoms with van der Waals surface area (Å²) in [4.78, 5) is 0. The van der Waals surface area contributed by atoms with Crippen molar-refractivity contribution in [1.82, 2.24) is 9.78 Å². The Labute approximate surface area is 122 Å². The summed E-state index contributed by atoms with van der Waals surface area (Å²) in [5, 5.41) is 15.0. The van der Waals surface area contributed by atoms with Gasteiger partial charge in [-0.25, -0.2) is 4.68 Å². The average molecular weight is 293 g/mol. The van der Waals surface area contributed by atoms with E-state index >= 15 is 0 Å². The summed E-state index contributed by atoms with van der Waals surface area (Å²) in [6.45, 7) is 4.53. The van der Waals surface area contributed by atoms with E-state index in [1.165, 1.54) is 0 Å². The number of aromatic nitrogens is 2. The highest BCUT2D eigenvalue weighted by Gasteiger charge is 2.22. The third kappa shape index (κ3) is 3.03. The number of benzene rings is 1. The van der Waals surface area contributed by atoms with E-state index in [1.807, 2.05) is 13.0 Å². The van der Waals surface area contributed by atoms with Gasteiger partial charge < -0.3 is 10.5 Å². The molecule has 1 aromatic carbocycles. The molecule has 0 saturated heterocycles. The molecule has 0 spiro atoms. The van der Waals surface area contributed by atoms with Crippen LogP contribution in [0.25, 0.3) is 10.9 Å². The maximum Gasteiger partial charge on any atom is 0.219 e. The second kappa shape index (κ2) is 5.70. The van der Waals surface area contributed by atoms with Crippen LogP contribution in [0.1, 0.15) is 20.3 Å². The second-order valence-corrected chi connectivity index (χ2v) is 5.44. The van der Waals surface area contributed by atoms with Crippen molar-refractivity contribution < 1.29 is 4.74 Å². The van der Waals surface area contributed by atoms with Crippen LogP contribution in [-0.2, 0) is 6.54 Å². The van der Waals surface area contributed by atoms with E-state index in [0.717, 1.165) is 17.3 Å². The summed E-state index contributed by atoms with van der Waals surface area (Å²) in [5.41, 5.74) is 5.62. The highest BCUT2D eigenvalue weighted by atomic mass is 35.5. The number of fused-ring (bicyclic) bond motifs is 1. The molecule has 0 saturated carbocycles. The largest absolute Gasteiger partial charge is 0.477 e. The Hall–Kier alpha value is -1.77. The molecule has 20 heavy (non-hydrogen) atoms. The van der Waals surface area contributed by atoms with E-state index in [-0.39, 0.29) is 6.54 Å². The van der Waals surface area contributed by atoms with Gasteiger partial charge >= 0.3 is 0 Å². The molecule has 0 aliphatic rings. The molecule has 0 bridgehead atoms. The van der Waals surface area contributed by atoms with Gasteiger partial charge in [-0.1, -0.05) is 18.5 Å². The molecule has 5 nitrogen and oxygen atoms in total. The van der Waals surface area contributed by atoms with Gasteiger partial charge in [0.2, 0.25) is 5.88 Å². The molecule has 0 amide bonds. The van der Waals surface area contributed by atoms with Gasteiger partial charge in [0.1, 0.15) is 5.54 Å². The number of hydrogen-bond acceptors (Lipinski definition) is 4. The second-order valence-electron chi connectivity index (χ2n) is 5.00. The third-order valence-corrected chi connectivity index (χ3v) is 3.06. The molecular weight excluding hydrogens is 276 g/mol. The molecular formula is C14H17ClN4O. The van der Waals surface area contributed by atoms with Crippen LogP contribution < -0.4 is 10.5 Å². The number of nitriles is 1. The zero-order chi connectivity index (χ0) is 14.8. The van der Waals surface area contributed by atoms with Crippen LogP contribution in [0.15, 0.2) is 18.2 Å². The minimum atomic E-state index is -1.00. The number of rotatable bonds is 5. The molecule has 0 fully saturated rings. The van der Waals surface area contributed by atoms with Crippen molar-refractivity contribution in [3.63, 3.8) is 0 Å². The fraction of sp³-hybridized carbons (Fsp3) is 0.429. The van der Waals surface area contributed by atoms with Crippen LogP contribution in [0, 0.1) is 11.3 Å². The summed E-state index contributed by atoms with van der Waals surface area (Å²) in [7, 11) is 0. The topological polar surface area (TPSA) is 76.9 Å². The normalized spacial score (nSPS) is 13.9. The van der Waals surface area contributed by atoms with Crippen molar-refractivity contribution in [2.45, 2.75) is 32.4 Å². The first-order chi connectivity index (χ1) is 9.46. The lowest BCUT2D eigenvalue weighted by Crippen LogP contribution is -2.39. The first-order valence-corrected chi connectivity index (χ1v) is 6.83. The van der Waals surface area contributed by atoms with Crippen molar-refractivity contribution in [2.24, 2.45) is 5.73 Å². The zero-order valence-corrected chi connectivity index (χ0v) is 12.3. The van der Waals surface area contributed by atoms with E-state index in [9.17, 15) is 0 Å². The summed E-state index contributed by atoms with van der Waals surface area (Å²) >= 11 is 5.98. The van der Waals surface area contributed by atoms with Crippen molar-refractivity contribution in [2.75, 3.05) is 6.61 Å². The summed E-state index contributed by atoms with van der Waals surface area (Å²) < 4.78 is 7.40. The lowest BCUT2D eigenvalue weighted by Gasteiger charge is -2.17. The molecule has 106 valence electrons. The quantitative estimate of drug-likeness (QED) is 0.919. The molecule has 2 aromatic rings. The Morgan fingerprint density at radius 2 is 2.30 bits per heavy atom. The molecule has 1 atom stereocenters. The van der Waals surface area contributed by atoms with Gasteiger partial charge in [0.25, 0.3) is 0 Å². The van der Waals surface area contributed by atoms with Crippen molar-refractivity contribution >= 4 is 22.5 Å². The van der Waals surface area contributed by atoms with Crippen LogP contribution in [0.2, 0.25) is 5.02 Å².